The molecule has 1 rings (SSSR count). The zero-order valence-electron chi connectivity index (χ0n) is 8.18. The highest BCUT2D eigenvalue weighted by molar-refractivity contribution is 5.75. The maximum absolute atomic E-state index is 10.9. The molecule has 0 aromatic rings. The van der Waals surface area contributed by atoms with Crippen molar-refractivity contribution < 1.29 is 4.79 Å². The van der Waals surface area contributed by atoms with Gasteiger partial charge in [0.25, 0.3) is 0 Å². The molecule has 2 nitrogen and oxygen atoms in total. The summed E-state index contributed by atoms with van der Waals surface area (Å²) in [6.07, 6.45) is 4.82. The third-order valence-electron chi connectivity index (χ3n) is 1.76. The maximum Gasteiger partial charge on any atom is 0.222 e. The Kier molecular flexibility index (Phi) is 6.44. The number of hydrogen-bond donors (Lipinski definition) is 0. The fraction of sp³-hybridized carbons (Fsp3) is 0.700. The summed E-state index contributed by atoms with van der Waals surface area (Å²) in [5.74, 6) is 0.313. The Balaban J connectivity index is 0.000000354. The molecule has 0 aromatic heterocycles. The van der Waals surface area contributed by atoms with Gasteiger partial charge in [0.15, 0.2) is 0 Å². The lowest BCUT2D eigenvalue weighted by atomic mass is 10.4. The second kappa shape index (κ2) is 6.89. The molecule has 1 amide bonds. The predicted octanol–water partition coefficient (Wildman–Crippen LogP) is 2.21. The van der Waals surface area contributed by atoms with E-state index in [1.54, 1.807) is 6.08 Å². The van der Waals surface area contributed by atoms with Crippen molar-refractivity contribution in [1.29, 1.82) is 0 Å². The zero-order valence-corrected chi connectivity index (χ0v) is 8.18. The lowest BCUT2D eigenvalue weighted by Crippen LogP contribution is -2.26. The van der Waals surface area contributed by atoms with Gasteiger partial charge in [0.1, 0.15) is 0 Å². The Morgan fingerprint density at radius 2 is 1.92 bits per heavy atom. The van der Waals surface area contributed by atoms with Gasteiger partial charge in [-0.05, 0) is 19.8 Å². The molecule has 70 valence electrons. The van der Waals surface area contributed by atoms with E-state index in [1.165, 1.54) is 12.8 Å². The molecule has 0 aliphatic carbocycles. The zero-order chi connectivity index (χ0) is 9.40. The molecule has 0 radical (unpaired) electrons. The predicted molar refractivity (Wildman–Crippen MR) is 52.0 cm³/mol. The fourth-order valence-corrected chi connectivity index (χ4v) is 1.19. The van der Waals surface area contributed by atoms with Gasteiger partial charge < -0.3 is 4.90 Å². The molecular weight excluding hydrogens is 150 g/mol. The molecule has 0 bridgehead atoms. The highest BCUT2D eigenvalue weighted by Gasteiger charge is 2.14. The van der Waals surface area contributed by atoms with Crippen LogP contribution in [0.25, 0.3) is 0 Å². The summed E-state index contributed by atoms with van der Waals surface area (Å²) in [5.41, 5.74) is 0. The van der Waals surface area contributed by atoms with Crippen LogP contribution in [0.3, 0.4) is 0 Å². The third-order valence-corrected chi connectivity index (χ3v) is 1.76. The quantitative estimate of drug-likeness (QED) is 0.551. The fourth-order valence-electron chi connectivity index (χ4n) is 1.19. The summed E-state index contributed by atoms with van der Waals surface area (Å²) in [5, 5.41) is 0. The van der Waals surface area contributed by atoms with Crippen LogP contribution in [0, 0.1) is 0 Å². The molecular formula is C10H19NO. The summed E-state index contributed by atoms with van der Waals surface area (Å²) in [6, 6.07) is 0. The lowest BCUT2D eigenvalue weighted by molar-refractivity contribution is -0.129. The Bertz CT molecular complexity index is 137. The monoisotopic (exact) mass is 169 g/mol. The molecule has 2 heteroatoms. The molecule has 1 aliphatic heterocycles. The number of nitrogens with zero attached hydrogens (tertiary/aromatic N) is 1. The largest absolute Gasteiger partial charge is 0.343 e. The highest BCUT2D eigenvalue weighted by atomic mass is 16.2. The number of carbonyl (C=O) groups is 1. The first-order chi connectivity index (χ1) is 5.76. The van der Waals surface area contributed by atoms with E-state index in [-0.39, 0.29) is 0 Å². The van der Waals surface area contributed by atoms with Gasteiger partial charge in [0.2, 0.25) is 5.91 Å². The van der Waals surface area contributed by atoms with Crippen molar-refractivity contribution in [2.75, 3.05) is 13.1 Å². The van der Waals surface area contributed by atoms with E-state index in [2.05, 4.69) is 6.58 Å². The van der Waals surface area contributed by atoms with Gasteiger partial charge in [0.05, 0.1) is 0 Å². The summed E-state index contributed by atoms with van der Waals surface area (Å²) in [4.78, 5) is 12.9. The van der Waals surface area contributed by atoms with Crippen LogP contribution in [-0.4, -0.2) is 23.9 Å². The standard InChI is InChI=1S/C7H13NO.C3H6/c1-2-7(9)8-5-3-4-6-8;1-3-2/h2-6H2,1H3;3H,1H2,2H3. The van der Waals surface area contributed by atoms with Crippen LogP contribution in [0.15, 0.2) is 12.7 Å². The molecule has 1 heterocycles. The summed E-state index contributed by atoms with van der Waals surface area (Å²) in [6.45, 7) is 9.15. The SMILES string of the molecule is C=CC.CCC(=O)N1CCCC1. The molecule has 1 saturated heterocycles. The Hall–Kier alpha value is -0.790. The minimum Gasteiger partial charge on any atom is -0.343 e. The number of rotatable bonds is 1. The van der Waals surface area contributed by atoms with Crippen LogP contribution in [0.5, 0.6) is 0 Å². The van der Waals surface area contributed by atoms with E-state index in [1.807, 2.05) is 18.7 Å². The van der Waals surface area contributed by atoms with Gasteiger partial charge in [-0.25, -0.2) is 0 Å². The third kappa shape index (κ3) is 4.16. The Labute approximate surface area is 75.3 Å². The van der Waals surface area contributed by atoms with E-state index >= 15 is 0 Å². The average Bonchev–Trinajstić information content (AvgIpc) is 2.56. The van der Waals surface area contributed by atoms with Crippen LogP contribution in [-0.2, 0) is 4.79 Å². The Morgan fingerprint density at radius 1 is 1.50 bits per heavy atom. The van der Waals surface area contributed by atoms with Crippen molar-refractivity contribution in [3.63, 3.8) is 0 Å². The van der Waals surface area contributed by atoms with Crippen molar-refractivity contribution in [3.05, 3.63) is 12.7 Å². The van der Waals surface area contributed by atoms with Gasteiger partial charge in [-0.2, -0.15) is 0 Å². The van der Waals surface area contributed by atoms with Gasteiger partial charge in [0, 0.05) is 19.5 Å². The number of hydrogen-bond acceptors (Lipinski definition) is 1. The lowest BCUT2D eigenvalue weighted by Gasteiger charge is -2.12. The van der Waals surface area contributed by atoms with Crippen molar-refractivity contribution in [3.8, 4) is 0 Å². The van der Waals surface area contributed by atoms with E-state index in [0.717, 1.165) is 13.1 Å². The first-order valence-corrected chi connectivity index (χ1v) is 4.61. The van der Waals surface area contributed by atoms with Gasteiger partial charge in [-0.15, -0.1) is 6.58 Å². The van der Waals surface area contributed by atoms with Crippen LogP contribution in [0.4, 0.5) is 0 Å². The summed E-state index contributed by atoms with van der Waals surface area (Å²) >= 11 is 0. The van der Waals surface area contributed by atoms with Crippen molar-refractivity contribution in [1.82, 2.24) is 4.90 Å². The molecule has 12 heavy (non-hydrogen) atoms. The minimum atomic E-state index is 0.313. The van der Waals surface area contributed by atoms with E-state index in [4.69, 9.17) is 0 Å². The van der Waals surface area contributed by atoms with Gasteiger partial charge >= 0.3 is 0 Å². The van der Waals surface area contributed by atoms with Crippen LogP contribution in [0.2, 0.25) is 0 Å². The molecule has 0 aromatic carbocycles. The average molecular weight is 169 g/mol. The first-order valence-electron chi connectivity index (χ1n) is 4.61. The number of carbonyl (C=O) groups excluding carboxylic acids is 1. The second-order valence-electron chi connectivity index (χ2n) is 2.85. The minimum absolute atomic E-state index is 0.313. The van der Waals surface area contributed by atoms with Crippen molar-refractivity contribution in [2.45, 2.75) is 33.1 Å². The molecule has 0 spiro atoms. The summed E-state index contributed by atoms with van der Waals surface area (Å²) in [7, 11) is 0. The van der Waals surface area contributed by atoms with Gasteiger partial charge in [-0.3, -0.25) is 4.79 Å². The van der Waals surface area contributed by atoms with Crippen LogP contribution >= 0.6 is 0 Å². The molecule has 1 aliphatic rings. The summed E-state index contributed by atoms with van der Waals surface area (Å²) < 4.78 is 0. The number of amides is 1. The Morgan fingerprint density at radius 3 is 2.25 bits per heavy atom. The smallest absolute Gasteiger partial charge is 0.222 e. The normalized spacial score (nSPS) is 15.0. The topological polar surface area (TPSA) is 20.3 Å². The van der Waals surface area contributed by atoms with E-state index < -0.39 is 0 Å². The molecule has 0 atom stereocenters. The van der Waals surface area contributed by atoms with Crippen molar-refractivity contribution in [2.24, 2.45) is 0 Å². The van der Waals surface area contributed by atoms with Crippen molar-refractivity contribution >= 4 is 5.91 Å². The molecule has 0 N–H and O–H groups in total. The number of allylic oxidation sites excluding steroid dienone is 1. The molecule has 0 saturated carbocycles. The van der Waals surface area contributed by atoms with Crippen LogP contribution < -0.4 is 0 Å². The van der Waals surface area contributed by atoms with Gasteiger partial charge in [-0.1, -0.05) is 13.0 Å². The van der Waals surface area contributed by atoms with E-state index in [9.17, 15) is 4.79 Å². The molecule has 1 fully saturated rings. The highest BCUT2D eigenvalue weighted by Crippen LogP contribution is 2.07. The second-order valence-corrected chi connectivity index (χ2v) is 2.85. The van der Waals surface area contributed by atoms with E-state index in [0.29, 0.717) is 12.3 Å². The number of likely N-dealkylation sites (tertiary alicyclic amines) is 1. The maximum atomic E-state index is 10.9. The van der Waals surface area contributed by atoms with Crippen LogP contribution in [0.1, 0.15) is 33.1 Å². The first kappa shape index (κ1) is 11.2. The molecule has 0 unspecified atom stereocenters.